The average molecular weight is 357 g/mol. The molecule has 1 aliphatic heterocycles. The van der Waals surface area contributed by atoms with Gasteiger partial charge in [-0.05, 0) is 12.0 Å². The van der Waals surface area contributed by atoms with E-state index in [0.29, 0.717) is 6.42 Å². The van der Waals surface area contributed by atoms with Crippen molar-refractivity contribution in [1.82, 2.24) is 5.32 Å². The Labute approximate surface area is 139 Å². The molecule has 0 radical (unpaired) electrons. The summed E-state index contributed by atoms with van der Waals surface area (Å²) < 4.78 is 22.8. The molecule has 2 N–H and O–H groups in total. The molecule has 126 valence electrons. The zero-order chi connectivity index (χ0) is 16.9. The molecule has 1 aromatic carbocycles. The van der Waals surface area contributed by atoms with Crippen molar-refractivity contribution in [2.75, 3.05) is 17.3 Å². The minimum absolute atomic E-state index is 0.0552. The highest BCUT2D eigenvalue weighted by atomic mass is 32.2. The summed E-state index contributed by atoms with van der Waals surface area (Å²) in [6.45, 7) is 0. The second-order valence-electron chi connectivity index (χ2n) is 5.46. The Kier molecular flexibility index (Phi) is 6.06. The second-order valence-corrected chi connectivity index (χ2v) is 8.98. The number of carboxylic acids is 1. The van der Waals surface area contributed by atoms with Crippen molar-refractivity contribution in [2.45, 2.75) is 24.1 Å². The van der Waals surface area contributed by atoms with Gasteiger partial charge in [0.25, 0.3) is 0 Å². The van der Waals surface area contributed by atoms with Gasteiger partial charge in [-0.15, -0.1) is 11.8 Å². The minimum atomic E-state index is -2.96. The topological polar surface area (TPSA) is 101 Å². The fraction of sp³-hybridized carbons (Fsp3) is 0.467. The van der Waals surface area contributed by atoms with Crippen LogP contribution in [0, 0.1) is 0 Å². The molecular formula is C15H19NO5S2. The first-order chi connectivity index (χ1) is 10.9. The number of amides is 1. The Bertz CT molecular complexity index is 660. The van der Waals surface area contributed by atoms with Crippen molar-refractivity contribution < 1.29 is 23.1 Å². The van der Waals surface area contributed by atoms with Crippen LogP contribution in [0.5, 0.6) is 0 Å². The predicted octanol–water partition coefficient (Wildman–Crippen LogP) is 1.24. The number of benzene rings is 1. The summed E-state index contributed by atoms with van der Waals surface area (Å²) in [5.41, 5.74) is 0.733. The van der Waals surface area contributed by atoms with E-state index in [1.165, 1.54) is 11.8 Å². The van der Waals surface area contributed by atoms with Crippen LogP contribution in [0.15, 0.2) is 30.3 Å². The molecule has 1 aromatic rings. The van der Waals surface area contributed by atoms with Gasteiger partial charge in [0, 0.05) is 5.25 Å². The van der Waals surface area contributed by atoms with Crippen LogP contribution in [0.25, 0.3) is 0 Å². The van der Waals surface area contributed by atoms with E-state index < -0.39 is 21.8 Å². The zero-order valence-electron chi connectivity index (χ0n) is 12.5. The molecule has 1 amide bonds. The van der Waals surface area contributed by atoms with E-state index in [-0.39, 0.29) is 34.8 Å². The number of carbonyl (C=O) groups excluding carboxylic acids is 1. The Morgan fingerprint density at radius 2 is 2.00 bits per heavy atom. The molecule has 0 bridgehead atoms. The molecular weight excluding hydrogens is 338 g/mol. The summed E-state index contributed by atoms with van der Waals surface area (Å²) in [7, 11) is -2.96. The largest absolute Gasteiger partial charge is 0.481 e. The molecule has 1 fully saturated rings. The highest BCUT2D eigenvalue weighted by Gasteiger charge is 2.28. The first-order valence-corrected chi connectivity index (χ1v) is 10.1. The van der Waals surface area contributed by atoms with Crippen molar-refractivity contribution in [1.29, 1.82) is 0 Å². The highest BCUT2D eigenvalue weighted by molar-refractivity contribution is 8.02. The predicted molar refractivity (Wildman–Crippen MR) is 89.1 cm³/mol. The molecule has 2 rings (SSSR count). The van der Waals surface area contributed by atoms with Gasteiger partial charge in [-0.3, -0.25) is 9.59 Å². The van der Waals surface area contributed by atoms with Crippen LogP contribution >= 0.6 is 11.8 Å². The van der Waals surface area contributed by atoms with Gasteiger partial charge >= 0.3 is 5.97 Å². The van der Waals surface area contributed by atoms with Gasteiger partial charge in [-0.1, -0.05) is 30.3 Å². The van der Waals surface area contributed by atoms with Gasteiger partial charge in [-0.25, -0.2) is 8.42 Å². The van der Waals surface area contributed by atoms with Crippen LogP contribution < -0.4 is 5.32 Å². The zero-order valence-corrected chi connectivity index (χ0v) is 14.1. The van der Waals surface area contributed by atoms with Crippen molar-refractivity contribution >= 4 is 33.5 Å². The maximum absolute atomic E-state index is 12.1. The van der Waals surface area contributed by atoms with Gasteiger partial charge in [-0.2, -0.15) is 0 Å². The molecule has 1 aliphatic rings. The van der Waals surface area contributed by atoms with Crippen LogP contribution in [0.4, 0.5) is 0 Å². The van der Waals surface area contributed by atoms with Crippen molar-refractivity contribution in [3.05, 3.63) is 35.9 Å². The quantitative estimate of drug-likeness (QED) is 0.761. The SMILES string of the molecule is O=C(O)CC(NC(=O)CSC1CCS(=O)(=O)C1)c1ccccc1. The van der Waals surface area contributed by atoms with Crippen molar-refractivity contribution in [3.63, 3.8) is 0 Å². The Balaban J connectivity index is 1.89. The average Bonchev–Trinajstić information content (AvgIpc) is 2.84. The summed E-state index contributed by atoms with van der Waals surface area (Å²) in [4.78, 5) is 23.0. The maximum atomic E-state index is 12.1. The summed E-state index contributed by atoms with van der Waals surface area (Å²) in [5.74, 6) is -0.855. The third kappa shape index (κ3) is 5.87. The fourth-order valence-electron chi connectivity index (χ4n) is 2.43. The Morgan fingerprint density at radius 3 is 2.57 bits per heavy atom. The molecule has 2 atom stereocenters. The van der Waals surface area contributed by atoms with Gasteiger partial charge in [0.05, 0.1) is 29.7 Å². The summed E-state index contributed by atoms with van der Waals surface area (Å²) in [5, 5.41) is 11.7. The summed E-state index contributed by atoms with van der Waals surface area (Å²) in [6, 6.07) is 8.34. The number of hydrogen-bond acceptors (Lipinski definition) is 5. The summed E-state index contributed by atoms with van der Waals surface area (Å²) >= 11 is 1.31. The molecule has 6 nitrogen and oxygen atoms in total. The standard InChI is InChI=1S/C15H19NO5S2/c17-14(9-22-12-6-7-23(20,21)10-12)16-13(8-15(18)19)11-4-2-1-3-5-11/h1-5,12-13H,6-10H2,(H,16,17)(H,18,19). The molecule has 0 aromatic heterocycles. The Hall–Kier alpha value is -1.54. The van der Waals surface area contributed by atoms with E-state index in [1.807, 2.05) is 6.07 Å². The molecule has 1 saturated heterocycles. The number of carbonyl (C=O) groups is 2. The third-order valence-electron chi connectivity index (χ3n) is 3.56. The van der Waals surface area contributed by atoms with Crippen LogP contribution in [0.1, 0.15) is 24.4 Å². The lowest BCUT2D eigenvalue weighted by molar-refractivity contribution is -0.137. The van der Waals surface area contributed by atoms with Gasteiger partial charge in [0.1, 0.15) is 0 Å². The second kappa shape index (κ2) is 7.83. The highest BCUT2D eigenvalue weighted by Crippen LogP contribution is 2.24. The van der Waals surface area contributed by atoms with E-state index >= 15 is 0 Å². The third-order valence-corrected chi connectivity index (χ3v) is 6.84. The molecule has 23 heavy (non-hydrogen) atoms. The number of sulfone groups is 1. The number of thioether (sulfide) groups is 1. The lowest BCUT2D eigenvalue weighted by Gasteiger charge is -2.18. The maximum Gasteiger partial charge on any atom is 0.305 e. The van der Waals surface area contributed by atoms with E-state index in [1.54, 1.807) is 24.3 Å². The molecule has 2 unspecified atom stereocenters. The van der Waals surface area contributed by atoms with E-state index in [9.17, 15) is 18.0 Å². The van der Waals surface area contributed by atoms with E-state index in [0.717, 1.165) is 5.56 Å². The minimum Gasteiger partial charge on any atom is -0.481 e. The Morgan fingerprint density at radius 1 is 1.30 bits per heavy atom. The number of aliphatic carboxylic acids is 1. The molecule has 0 spiro atoms. The number of nitrogens with one attached hydrogen (secondary N) is 1. The monoisotopic (exact) mass is 357 g/mol. The first-order valence-electron chi connectivity index (χ1n) is 7.24. The van der Waals surface area contributed by atoms with Crippen LogP contribution in [0.3, 0.4) is 0 Å². The van der Waals surface area contributed by atoms with Crippen LogP contribution in [-0.2, 0) is 19.4 Å². The molecule has 0 saturated carbocycles. The van der Waals surface area contributed by atoms with Gasteiger partial charge in [0.15, 0.2) is 9.84 Å². The molecule has 8 heteroatoms. The van der Waals surface area contributed by atoms with Crippen LogP contribution in [0.2, 0.25) is 0 Å². The van der Waals surface area contributed by atoms with E-state index in [4.69, 9.17) is 5.11 Å². The molecule has 1 heterocycles. The molecule has 0 aliphatic carbocycles. The number of hydrogen-bond donors (Lipinski definition) is 2. The smallest absolute Gasteiger partial charge is 0.305 e. The van der Waals surface area contributed by atoms with Crippen molar-refractivity contribution in [3.8, 4) is 0 Å². The van der Waals surface area contributed by atoms with Gasteiger partial charge < -0.3 is 10.4 Å². The van der Waals surface area contributed by atoms with Gasteiger partial charge in [0.2, 0.25) is 5.91 Å². The van der Waals surface area contributed by atoms with Crippen molar-refractivity contribution in [2.24, 2.45) is 0 Å². The summed E-state index contributed by atoms with van der Waals surface area (Å²) in [6.07, 6.45) is 0.371. The number of carboxylic acid groups (broad SMARTS) is 1. The van der Waals surface area contributed by atoms with Crippen LogP contribution in [-0.4, -0.2) is 47.9 Å². The fourth-order valence-corrected chi connectivity index (χ4v) is 5.89. The first kappa shape index (κ1) is 17.8. The number of rotatable bonds is 7. The van der Waals surface area contributed by atoms with E-state index in [2.05, 4.69) is 5.32 Å². The lowest BCUT2D eigenvalue weighted by Crippen LogP contribution is -2.32. The normalized spacial score (nSPS) is 20.8. The lowest BCUT2D eigenvalue weighted by atomic mass is 10.0.